The van der Waals surface area contributed by atoms with Gasteiger partial charge >= 0.3 is 6.01 Å². The molecule has 0 aliphatic rings. The number of hydrogen-bond donors (Lipinski definition) is 4. The molecule has 1 rings (SSSR count). The average Bonchev–Trinajstić information content (AvgIpc) is 2.43. The van der Waals surface area contributed by atoms with Crippen LogP contribution in [0.1, 0.15) is 19.8 Å². The van der Waals surface area contributed by atoms with E-state index in [1.54, 1.807) is 0 Å². The van der Waals surface area contributed by atoms with Crippen LogP contribution in [0.4, 0.5) is 11.9 Å². The maximum Gasteiger partial charge on any atom is 0.323 e. The van der Waals surface area contributed by atoms with Gasteiger partial charge in [0.25, 0.3) is 0 Å². The van der Waals surface area contributed by atoms with Crippen LogP contribution in [0.5, 0.6) is 6.01 Å². The van der Waals surface area contributed by atoms with Crippen molar-refractivity contribution in [2.75, 3.05) is 36.7 Å². The second kappa shape index (κ2) is 8.54. The van der Waals surface area contributed by atoms with E-state index < -0.39 is 10.0 Å². The number of aromatic nitrogens is 3. The SMILES string of the molecule is CCCOc1nc(NN)nc(NCCCNS(C)(=O)=O)n1. The van der Waals surface area contributed by atoms with E-state index >= 15 is 0 Å². The molecule has 1 aromatic heterocycles. The van der Waals surface area contributed by atoms with Crippen molar-refractivity contribution >= 4 is 21.9 Å². The van der Waals surface area contributed by atoms with E-state index in [0.717, 1.165) is 12.7 Å². The molecule has 11 heteroatoms. The maximum atomic E-state index is 10.9. The molecule has 0 saturated carbocycles. The highest BCUT2D eigenvalue weighted by molar-refractivity contribution is 7.88. The van der Waals surface area contributed by atoms with Gasteiger partial charge in [-0.3, -0.25) is 5.43 Å². The van der Waals surface area contributed by atoms with Crippen LogP contribution < -0.4 is 26.0 Å². The second-order valence-corrected chi connectivity index (χ2v) is 6.04. The van der Waals surface area contributed by atoms with E-state index in [4.69, 9.17) is 10.6 Å². The quantitative estimate of drug-likeness (QED) is 0.250. The maximum absolute atomic E-state index is 10.9. The van der Waals surface area contributed by atoms with Gasteiger partial charge in [-0.05, 0) is 12.8 Å². The Bertz CT molecular complexity index is 537. The van der Waals surface area contributed by atoms with E-state index in [9.17, 15) is 8.42 Å². The lowest BCUT2D eigenvalue weighted by molar-refractivity contribution is 0.292. The number of hydrazine groups is 1. The van der Waals surface area contributed by atoms with Crippen LogP contribution in [0.2, 0.25) is 0 Å². The van der Waals surface area contributed by atoms with Crippen molar-refractivity contribution in [3.05, 3.63) is 0 Å². The monoisotopic (exact) mass is 319 g/mol. The van der Waals surface area contributed by atoms with Crippen LogP contribution in [-0.4, -0.2) is 49.3 Å². The summed E-state index contributed by atoms with van der Waals surface area (Å²) < 4.78 is 29.5. The summed E-state index contributed by atoms with van der Waals surface area (Å²) in [7, 11) is -3.16. The molecule has 0 amide bonds. The number of nitrogen functional groups attached to an aromatic ring is 1. The van der Waals surface area contributed by atoms with Gasteiger partial charge in [0.15, 0.2) is 0 Å². The zero-order chi connectivity index (χ0) is 15.7. The molecule has 0 aliphatic heterocycles. The Hall–Kier alpha value is -1.72. The summed E-state index contributed by atoms with van der Waals surface area (Å²) in [6.07, 6.45) is 2.52. The first-order chi connectivity index (χ1) is 9.94. The summed E-state index contributed by atoms with van der Waals surface area (Å²) in [4.78, 5) is 12.0. The van der Waals surface area contributed by atoms with E-state index in [1.807, 2.05) is 6.92 Å². The molecule has 1 heterocycles. The van der Waals surface area contributed by atoms with Crippen molar-refractivity contribution < 1.29 is 13.2 Å². The number of nitrogens with two attached hydrogens (primary N) is 1. The Labute approximate surface area is 123 Å². The first kappa shape index (κ1) is 17.3. The number of sulfonamides is 1. The van der Waals surface area contributed by atoms with Gasteiger partial charge in [0.1, 0.15) is 0 Å². The summed E-state index contributed by atoms with van der Waals surface area (Å²) in [5.41, 5.74) is 2.33. The number of nitrogens with zero attached hydrogens (tertiary/aromatic N) is 3. The normalized spacial score (nSPS) is 11.2. The third-order valence-electron chi connectivity index (χ3n) is 2.18. The number of ether oxygens (including phenoxy) is 1. The fraction of sp³-hybridized carbons (Fsp3) is 0.700. The predicted octanol–water partition coefficient (Wildman–Crippen LogP) is -0.703. The predicted molar refractivity (Wildman–Crippen MR) is 79.4 cm³/mol. The third kappa shape index (κ3) is 7.58. The zero-order valence-electron chi connectivity index (χ0n) is 12.1. The minimum absolute atomic E-state index is 0.177. The molecular formula is C10H21N7O3S. The molecule has 0 saturated heterocycles. The molecule has 0 atom stereocenters. The Morgan fingerprint density at radius 3 is 2.52 bits per heavy atom. The number of hydrogen-bond acceptors (Lipinski definition) is 9. The van der Waals surface area contributed by atoms with E-state index in [2.05, 4.69) is 30.4 Å². The van der Waals surface area contributed by atoms with Crippen molar-refractivity contribution in [3.63, 3.8) is 0 Å². The van der Waals surface area contributed by atoms with Crippen LogP contribution in [0.15, 0.2) is 0 Å². The minimum Gasteiger partial charge on any atom is -0.463 e. The minimum atomic E-state index is -3.16. The molecular weight excluding hydrogens is 298 g/mol. The van der Waals surface area contributed by atoms with Crippen molar-refractivity contribution in [2.45, 2.75) is 19.8 Å². The van der Waals surface area contributed by atoms with Crippen molar-refractivity contribution in [3.8, 4) is 6.01 Å². The van der Waals surface area contributed by atoms with Gasteiger partial charge in [-0.15, -0.1) is 0 Å². The first-order valence-corrected chi connectivity index (χ1v) is 8.37. The zero-order valence-corrected chi connectivity index (χ0v) is 12.9. The van der Waals surface area contributed by atoms with Crippen LogP contribution >= 0.6 is 0 Å². The van der Waals surface area contributed by atoms with Crippen molar-refractivity contribution in [1.29, 1.82) is 0 Å². The molecule has 0 spiro atoms. The van der Waals surface area contributed by atoms with Gasteiger partial charge in [-0.1, -0.05) is 6.92 Å². The molecule has 0 fully saturated rings. The van der Waals surface area contributed by atoms with Gasteiger partial charge in [-0.2, -0.15) is 15.0 Å². The van der Waals surface area contributed by atoms with Crippen LogP contribution in [0.25, 0.3) is 0 Å². The molecule has 0 aliphatic carbocycles. The van der Waals surface area contributed by atoms with Gasteiger partial charge in [0, 0.05) is 13.1 Å². The Morgan fingerprint density at radius 2 is 1.90 bits per heavy atom. The van der Waals surface area contributed by atoms with Gasteiger partial charge in [0.2, 0.25) is 21.9 Å². The lowest BCUT2D eigenvalue weighted by Crippen LogP contribution is -2.24. The summed E-state index contributed by atoms with van der Waals surface area (Å²) in [6, 6.07) is 0.177. The van der Waals surface area contributed by atoms with Crippen LogP contribution in [0.3, 0.4) is 0 Å². The summed E-state index contributed by atoms with van der Waals surface area (Å²) in [5.74, 6) is 5.77. The molecule has 21 heavy (non-hydrogen) atoms. The van der Waals surface area contributed by atoms with E-state index in [0.29, 0.717) is 32.1 Å². The fourth-order valence-corrected chi connectivity index (χ4v) is 1.82. The lowest BCUT2D eigenvalue weighted by Gasteiger charge is -2.09. The summed E-state index contributed by atoms with van der Waals surface area (Å²) in [5, 5.41) is 2.95. The summed E-state index contributed by atoms with van der Waals surface area (Å²) in [6.45, 7) is 3.28. The number of anilines is 2. The third-order valence-corrected chi connectivity index (χ3v) is 2.91. The molecule has 10 nitrogen and oxygen atoms in total. The van der Waals surface area contributed by atoms with Crippen LogP contribution in [0, 0.1) is 0 Å². The van der Waals surface area contributed by atoms with Gasteiger partial charge < -0.3 is 10.1 Å². The van der Waals surface area contributed by atoms with E-state index in [-0.39, 0.29) is 12.0 Å². The summed E-state index contributed by atoms with van der Waals surface area (Å²) >= 11 is 0. The molecule has 0 radical (unpaired) electrons. The van der Waals surface area contributed by atoms with Crippen molar-refractivity contribution in [2.24, 2.45) is 5.84 Å². The molecule has 0 bridgehead atoms. The standard InChI is InChI=1S/C10H21N7O3S/c1-3-7-20-10-15-8(14-9(16-10)17-11)12-5-4-6-13-21(2,18)19/h13H,3-7,11H2,1-2H3,(H2,12,14,15,16,17). The van der Waals surface area contributed by atoms with Gasteiger partial charge in [0.05, 0.1) is 12.9 Å². The number of rotatable bonds is 10. The first-order valence-electron chi connectivity index (χ1n) is 6.48. The van der Waals surface area contributed by atoms with E-state index in [1.165, 1.54) is 0 Å². The van der Waals surface area contributed by atoms with Crippen LogP contribution in [-0.2, 0) is 10.0 Å². The average molecular weight is 319 g/mol. The van der Waals surface area contributed by atoms with Crippen molar-refractivity contribution in [1.82, 2.24) is 19.7 Å². The Balaban J connectivity index is 2.49. The smallest absolute Gasteiger partial charge is 0.323 e. The molecule has 0 unspecified atom stereocenters. The molecule has 5 N–H and O–H groups in total. The number of nitrogens with one attached hydrogen (secondary N) is 3. The Kier molecular flexibility index (Phi) is 7.05. The Morgan fingerprint density at radius 1 is 1.19 bits per heavy atom. The second-order valence-electron chi connectivity index (χ2n) is 4.20. The molecule has 0 aromatic carbocycles. The fourth-order valence-electron chi connectivity index (χ4n) is 1.30. The molecule has 120 valence electrons. The topological polar surface area (TPSA) is 144 Å². The largest absolute Gasteiger partial charge is 0.463 e. The highest BCUT2D eigenvalue weighted by Gasteiger charge is 2.06. The highest BCUT2D eigenvalue weighted by atomic mass is 32.2. The highest BCUT2D eigenvalue weighted by Crippen LogP contribution is 2.10. The lowest BCUT2D eigenvalue weighted by atomic mass is 10.4. The molecule has 1 aromatic rings. The van der Waals surface area contributed by atoms with Gasteiger partial charge in [-0.25, -0.2) is 19.0 Å².